The van der Waals surface area contributed by atoms with Crippen molar-refractivity contribution in [3.05, 3.63) is 0 Å². The Hall–Kier alpha value is 0.719. The van der Waals surface area contributed by atoms with Gasteiger partial charge in [0.05, 0.1) is 0 Å². The van der Waals surface area contributed by atoms with Gasteiger partial charge in [-0.1, -0.05) is 0 Å². The molecule has 0 aliphatic rings. The van der Waals surface area contributed by atoms with Gasteiger partial charge < -0.3 is 11.0 Å². The van der Waals surface area contributed by atoms with Gasteiger partial charge in [-0.3, -0.25) is 0 Å². The minimum Gasteiger partial charge on any atom is -0.870 e. The van der Waals surface area contributed by atoms with Crippen molar-refractivity contribution in [3.8, 4) is 0 Å². The van der Waals surface area contributed by atoms with Crippen LogP contribution in [0, 0.1) is 0 Å². The Labute approximate surface area is 58.0 Å². The molecule has 0 spiro atoms. The van der Waals surface area contributed by atoms with Crippen LogP contribution < -0.4 is 0 Å². The minimum absolute atomic E-state index is 0. The standard InChI is InChI=1S/C4H9.2H2O.Sn/c1-3-4-2;;;/h1,3-4H2,2H3;2*1H2;/q;;;+3/p-2. The smallest absolute Gasteiger partial charge is 0.870 e. The van der Waals surface area contributed by atoms with Crippen molar-refractivity contribution in [2.24, 2.45) is 0 Å². The summed E-state index contributed by atoms with van der Waals surface area (Å²) in [4.78, 5) is 0. The van der Waals surface area contributed by atoms with Crippen LogP contribution >= 0.6 is 0 Å². The molecule has 0 aliphatic heterocycles. The molecular formula is C4H11O2Sn+. The maximum Gasteiger partial charge on any atom is -0.870 e. The van der Waals surface area contributed by atoms with Crippen LogP contribution in [0.3, 0.4) is 0 Å². The largest absolute Gasteiger partial charge is 0.870 e. The maximum atomic E-state index is 2.23. The Morgan fingerprint density at radius 1 is 1.29 bits per heavy atom. The summed E-state index contributed by atoms with van der Waals surface area (Å²) in [5.74, 6) is 0. The summed E-state index contributed by atoms with van der Waals surface area (Å²) in [7, 11) is 0. The molecule has 3 heteroatoms. The maximum absolute atomic E-state index is 2.23. The summed E-state index contributed by atoms with van der Waals surface area (Å²) >= 11 is 1.68. The predicted molar refractivity (Wildman–Crippen MR) is 29.3 cm³/mol. The van der Waals surface area contributed by atoms with Gasteiger partial charge in [0, 0.05) is 0 Å². The van der Waals surface area contributed by atoms with Crippen LogP contribution in [0.15, 0.2) is 0 Å². The molecule has 0 unspecified atom stereocenters. The van der Waals surface area contributed by atoms with Gasteiger partial charge in [-0.15, -0.1) is 0 Å². The van der Waals surface area contributed by atoms with Crippen molar-refractivity contribution in [2.75, 3.05) is 0 Å². The second-order valence-electron chi connectivity index (χ2n) is 1.10. The summed E-state index contributed by atoms with van der Waals surface area (Å²) in [5, 5.41) is 0. The zero-order chi connectivity index (χ0) is 4.12. The first-order chi connectivity index (χ1) is 2.41. The van der Waals surface area contributed by atoms with Gasteiger partial charge in [0.1, 0.15) is 0 Å². The van der Waals surface area contributed by atoms with Crippen LogP contribution in [-0.4, -0.2) is 33.5 Å². The number of rotatable bonds is 2. The predicted octanol–water partition coefficient (Wildman–Crippen LogP) is 1.02. The number of hydrogen-bond donors (Lipinski definition) is 0. The zero-order valence-corrected chi connectivity index (χ0v) is 7.37. The van der Waals surface area contributed by atoms with Gasteiger partial charge in [-0.2, -0.15) is 0 Å². The van der Waals surface area contributed by atoms with Gasteiger partial charge >= 0.3 is 46.7 Å². The Morgan fingerprint density at radius 3 is 1.71 bits per heavy atom. The molecule has 0 radical (unpaired) electrons. The van der Waals surface area contributed by atoms with Crippen molar-refractivity contribution in [2.45, 2.75) is 24.2 Å². The number of unbranched alkanes of at least 4 members (excludes halogenated alkanes) is 1. The summed E-state index contributed by atoms with van der Waals surface area (Å²) in [6, 6.07) is 0. The molecular weight excluding hydrogens is 199 g/mol. The fraction of sp³-hybridized carbons (Fsp3) is 1.00. The van der Waals surface area contributed by atoms with E-state index in [1.807, 2.05) is 0 Å². The normalized spacial score (nSPS) is 6.14. The molecule has 0 heterocycles. The van der Waals surface area contributed by atoms with E-state index in [1.54, 1.807) is 22.5 Å². The summed E-state index contributed by atoms with van der Waals surface area (Å²) in [6.45, 7) is 2.23. The first kappa shape index (κ1) is 15.6. The third-order valence-corrected chi connectivity index (χ3v) is 1.54. The minimum atomic E-state index is 0. The third kappa shape index (κ3) is 20.2. The molecule has 2 nitrogen and oxygen atoms in total. The Balaban J connectivity index is -0.0000000800. The first-order valence-corrected chi connectivity index (χ1v) is 4.08. The van der Waals surface area contributed by atoms with Crippen LogP contribution in [0.25, 0.3) is 0 Å². The Bertz CT molecular complexity index is 17.2. The van der Waals surface area contributed by atoms with Gasteiger partial charge in [0.25, 0.3) is 0 Å². The second kappa shape index (κ2) is 15.9. The van der Waals surface area contributed by atoms with Crippen LogP contribution in [-0.2, 0) is 0 Å². The SMILES string of the molecule is CCC[CH2][Sn+3].[OH-].[OH-]. The number of hydrogen-bond acceptors (Lipinski definition) is 2. The molecule has 0 aromatic carbocycles. The van der Waals surface area contributed by atoms with E-state index >= 15 is 0 Å². The first-order valence-electron chi connectivity index (χ1n) is 2.06. The van der Waals surface area contributed by atoms with E-state index in [0.717, 1.165) is 0 Å². The van der Waals surface area contributed by atoms with Crippen molar-refractivity contribution in [1.82, 2.24) is 0 Å². The quantitative estimate of drug-likeness (QED) is 0.638. The van der Waals surface area contributed by atoms with Crippen molar-refractivity contribution >= 4 is 22.5 Å². The van der Waals surface area contributed by atoms with Crippen LogP contribution in [0.4, 0.5) is 0 Å². The monoisotopic (exact) mass is 211 g/mol. The average Bonchev–Trinajstić information content (AvgIpc) is 1.41. The third-order valence-electron chi connectivity index (χ3n) is 0.530. The van der Waals surface area contributed by atoms with E-state index in [2.05, 4.69) is 6.92 Å². The van der Waals surface area contributed by atoms with Crippen molar-refractivity contribution in [3.63, 3.8) is 0 Å². The van der Waals surface area contributed by atoms with Crippen LogP contribution in [0.2, 0.25) is 4.44 Å². The van der Waals surface area contributed by atoms with Gasteiger partial charge in [0.2, 0.25) is 0 Å². The molecule has 0 amide bonds. The van der Waals surface area contributed by atoms with Crippen molar-refractivity contribution in [1.29, 1.82) is 0 Å². The summed E-state index contributed by atoms with van der Waals surface area (Å²) < 4.78 is 1.43. The fourth-order valence-corrected chi connectivity index (χ4v) is 1.19. The van der Waals surface area contributed by atoms with E-state index in [-0.39, 0.29) is 11.0 Å². The molecule has 42 valence electrons. The van der Waals surface area contributed by atoms with E-state index in [1.165, 1.54) is 17.3 Å². The van der Waals surface area contributed by atoms with E-state index < -0.39 is 0 Å². The van der Waals surface area contributed by atoms with Crippen LogP contribution in [0.5, 0.6) is 0 Å². The molecule has 0 aromatic rings. The van der Waals surface area contributed by atoms with E-state index in [0.29, 0.717) is 0 Å². The van der Waals surface area contributed by atoms with E-state index in [4.69, 9.17) is 0 Å². The van der Waals surface area contributed by atoms with Crippen molar-refractivity contribution < 1.29 is 11.0 Å². The molecule has 0 aromatic heterocycles. The molecule has 7 heavy (non-hydrogen) atoms. The van der Waals surface area contributed by atoms with Gasteiger partial charge in [-0.05, 0) is 0 Å². The Kier molecular flexibility index (Phi) is 35.5. The average molecular weight is 210 g/mol. The molecule has 0 saturated carbocycles. The molecule has 0 aliphatic carbocycles. The van der Waals surface area contributed by atoms with E-state index in [9.17, 15) is 0 Å². The molecule has 0 rings (SSSR count). The van der Waals surface area contributed by atoms with Gasteiger partial charge in [0.15, 0.2) is 0 Å². The summed E-state index contributed by atoms with van der Waals surface area (Å²) in [5.41, 5.74) is 0. The zero-order valence-electron chi connectivity index (χ0n) is 4.52. The molecule has 0 saturated heterocycles. The topological polar surface area (TPSA) is 60.0 Å². The fourth-order valence-electron chi connectivity index (χ4n) is 0.177. The van der Waals surface area contributed by atoms with Gasteiger partial charge in [-0.25, -0.2) is 0 Å². The Morgan fingerprint density at radius 2 is 1.71 bits per heavy atom. The summed E-state index contributed by atoms with van der Waals surface area (Å²) in [6.07, 6.45) is 2.80. The van der Waals surface area contributed by atoms with Crippen LogP contribution in [0.1, 0.15) is 19.8 Å². The molecule has 0 atom stereocenters. The molecule has 0 bridgehead atoms. The molecule has 0 fully saturated rings. The second-order valence-corrected chi connectivity index (χ2v) is 2.53. The molecule has 2 N–H and O–H groups in total.